The number of hydrogen-bond acceptors (Lipinski definition) is 6. The maximum absolute atomic E-state index is 13.6. The number of carbonyl (C=O) groups is 3. The number of aliphatic hydroxyl groups excluding tert-OH is 1. The van der Waals surface area contributed by atoms with E-state index in [2.05, 4.69) is 5.32 Å². The molecule has 0 aliphatic carbocycles. The molecule has 1 spiro atoms. The van der Waals surface area contributed by atoms with Crippen LogP contribution in [-0.2, 0) is 30.4 Å². The van der Waals surface area contributed by atoms with Gasteiger partial charge in [0.2, 0.25) is 11.8 Å². The first-order valence-corrected chi connectivity index (χ1v) is 11.4. The van der Waals surface area contributed by atoms with E-state index < -0.39 is 35.0 Å². The van der Waals surface area contributed by atoms with E-state index in [1.165, 1.54) is 4.90 Å². The maximum atomic E-state index is 13.6. The maximum Gasteiger partial charge on any atom is 0.312 e. The lowest BCUT2D eigenvalue weighted by Crippen LogP contribution is -2.55. The molecule has 3 unspecified atom stereocenters. The Hall–Kier alpha value is -2.45. The summed E-state index contributed by atoms with van der Waals surface area (Å²) in [6.07, 6.45) is 0.850. The smallest absolute Gasteiger partial charge is 0.312 e. The molecule has 32 heavy (non-hydrogen) atoms. The first kappa shape index (κ1) is 22.7. The molecule has 1 aromatic carbocycles. The van der Waals surface area contributed by atoms with Crippen LogP contribution in [0.15, 0.2) is 30.3 Å². The first-order valence-electron chi connectivity index (χ1n) is 11.4. The fraction of sp³-hybridized carbons (Fsp3) is 0.625. The van der Waals surface area contributed by atoms with Crippen molar-refractivity contribution in [2.45, 2.75) is 57.4 Å². The Kier molecular flexibility index (Phi) is 6.02. The number of ether oxygens (including phenoxy) is 2. The van der Waals surface area contributed by atoms with E-state index in [1.54, 1.807) is 6.92 Å². The minimum absolute atomic E-state index is 0.0248. The Balaban J connectivity index is 1.68. The summed E-state index contributed by atoms with van der Waals surface area (Å²) in [5.74, 6) is -2.58. The van der Waals surface area contributed by atoms with E-state index in [4.69, 9.17) is 9.47 Å². The number of likely N-dealkylation sites (tertiary alicyclic amines) is 1. The van der Waals surface area contributed by atoms with Crippen molar-refractivity contribution in [3.63, 3.8) is 0 Å². The van der Waals surface area contributed by atoms with Crippen LogP contribution in [0, 0.1) is 17.8 Å². The minimum atomic E-state index is -1.08. The fourth-order valence-electron chi connectivity index (χ4n) is 5.99. The third-order valence-corrected chi connectivity index (χ3v) is 7.47. The number of amides is 2. The van der Waals surface area contributed by atoms with Crippen molar-refractivity contribution in [2.24, 2.45) is 17.8 Å². The molecule has 8 nitrogen and oxygen atoms in total. The molecule has 3 heterocycles. The van der Waals surface area contributed by atoms with Crippen LogP contribution in [0.2, 0.25) is 0 Å². The number of benzene rings is 1. The molecule has 2 amide bonds. The van der Waals surface area contributed by atoms with Crippen LogP contribution in [-0.4, -0.2) is 64.8 Å². The fourth-order valence-corrected chi connectivity index (χ4v) is 5.99. The van der Waals surface area contributed by atoms with Gasteiger partial charge in [0.1, 0.15) is 17.6 Å². The van der Waals surface area contributed by atoms with Gasteiger partial charge in [0.05, 0.1) is 18.1 Å². The lowest BCUT2D eigenvalue weighted by Gasteiger charge is -2.35. The molecule has 2 bridgehead atoms. The second-order valence-corrected chi connectivity index (χ2v) is 9.27. The van der Waals surface area contributed by atoms with Crippen molar-refractivity contribution >= 4 is 17.8 Å². The van der Waals surface area contributed by atoms with Gasteiger partial charge >= 0.3 is 5.97 Å². The molecule has 3 fully saturated rings. The molecule has 0 radical (unpaired) electrons. The van der Waals surface area contributed by atoms with Crippen LogP contribution < -0.4 is 5.32 Å². The molecule has 8 heteroatoms. The van der Waals surface area contributed by atoms with Crippen LogP contribution in [0.3, 0.4) is 0 Å². The van der Waals surface area contributed by atoms with Crippen LogP contribution in [0.4, 0.5) is 0 Å². The molecule has 3 saturated heterocycles. The van der Waals surface area contributed by atoms with Gasteiger partial charge in [0, 0.05) is 19.7 Å². The molecule has 1 aromatic rings. The molecule has 174 valence electrons. The monoisotopic (exact) mass is 444 g/mol. The lowest BCUT2D eigenvalue weighted by atomic mass is 9.62. The Morgan fingerprint density at radius 1 is 1.31 bits per heavy atom. The van der Waals surface area contributed by atoms with E-state index in [0.717, 1.165) is 5.56 Å². The van der Waals surface area contributed by atoms with Gasteiger partial charge in [-0.25, -0.2) is 0 Å². The highest BCUT2D eigenvalue weighted by atomic mass is 16.6. The quantitative estimate of drug-likeness (QED) is 0.585. The zero-order valence-electron chi connectivity index (χ0n) is 18.9. The summed E-state index contributed by atoms with van der Waals surface area (Å²) in [6, 6.07) is 8.68. The Labute approximate surface area is 188 Å². The normalized spacial score (nSPS) is 35.1. The average Bonchev–Trinajstić information content (AvgIpc) is 3.28. The third kappa shape index (κ3) is 3.31. The highest BCUT2D eigenvalue weighted by Crippen LogP contribution is 2.65. The molecular weight excluding hydrogens is 412 g/mol. The summed E-state index contributed by atoms with van der Waals surface area (Å²) in [7, 11) is 0. The molecular formula is C24H32N2O6. The van der Waals surface area contributed by atoms with Gasteiger partial charge in [0.25, 0.3) is 0 Å². The van der Waals surface area contributed by atoms with Crippen molar-refractivity contribution in [1.82, 2.24) is 10.2 Å². The highest BCUT2D eigenvalue weighted by molar-refractivity contribution is 5.98. The molecule has 6 atom stereocenters. The Morgan fingerprint density at radius 2 is 2.03 bits per heavy atom. The third-order valence-electron chi connectivity index (χ3n) is 7.47. The average molecular weight is 445 g/mol. The predicted octanol–water partition coefficient (Wildman–Crippen LogP) is 1.26. The summed E-state index contributed by atoms with van der Waals surface area (Å²) < 4.78 is 11.9. The molecule has 0 saturated carbocycles. The Morgan fingerprint density at radius 3 is 2.69 bits per heavy atom. The van der Waals surface area contributed by atoms with Crippen LogP contribution in [0.1, 0.15) is 39.2 Å². The summed E-state index contributed by atoms with van der Waals surface area (Å²) in [5.41, 5.74) is -1.01. The van der Waals surface area contributed by atoms with Gasteiger partial charge in [-0.15, -0.1) is 0 Å². The van der Waals surface area contributed by atoms with Gasteiger partial charge in [-0.3, -0.25) is 14.4 Å². The number of aliphatic hydroxyl groups is 1. The van der Waals surface area contributed by atoms with Crippen LogP contribution in [0.25, 0.3) is 0 Å². The minimum Gasteiger partial charge on any atom is -0.466 e. The zero-order valence-corrected chi connectivity index (χ0v) is 18.9. The highest BCUT2D eigenvalue weighted by Gasteiger charge is 2.80. The van der Waals surface area contributed by atoms with Crippen molar-refractivity contribution in [3.8, 4) is 0 Å². The largest absolute Gasteiger partial charge is 0.466 e. The number of nitrogens with one attached hydrogen (secondary N) is 1. The van der Waals surface area contributed by atoms with Crippen molar-refractivity contribution in [2.75, 3.05) is 19.8 Å². The van der Waals surface area contributed by atoms with E-state index in [9.17, 15) is 19.5 Å². The lowest BCUT2D eigenvalue weighted by molar-refractivity contribution is -0.161. The molecule has 2 N–H and O–H groups in total. The van der Waals surface area contributed by atoms with Gasteiger partial charge in [0.15, 0.2) is 0 Å². The molecule has 3 aliphatic rings. The summed E-state index contributed by atoms with van der Waals surface area (Å²) >= 11 is 0. The van der Waals surface area contributed by atoms with E-state index in [0.29, 0.717) is 19.4 Å². The number of carbonyl (C=O) groups excluding carboxylic acids is 3. The molecule has 3 aliphatic heterocycles. The standard InChI is InChI=1S/C24H32N2O6/c1-4-31-22(30)18-17-21(29)26(11-8-12-27)19(24(17)13-15(2)23(18,3)32-24)20(28)25-14-16-9-6-5-7-10-16/h5-7,9-10,15,17-19,27H,4,8,11-14H2,1-3H3,(H,25,28)/t15?,17-,18-,19?,23+,24?/m0/s1. The number of esters is 1. The summed E-state index contributed by atoms with van der Waals surface area (Å²) in [5, 5.41) is 12.3. The van der Waals surface area contributed by atoms with Gasteiger partial charge < -0.3 is 24.8 Å². The second kappa shape index (κ2) is 8.48. The van der Waals surface area contributed by atoms with E-state index in [1.807, 2.05) is 44.2 Å². The van der Waals surface area contributed by atoms with E-state index >= 15 is 0 Å². The van der Waals surface area contributed by atoms with Crippen molar-refractivity contribution in [3.05, 3.63) is 35.9 Å². The number of hydrogen-bond donors (Lipinski definition) is 2. The van der Waals surface area contributed by atoms with Crippen LogP contribution in [0.5, 0.6) is 0 Å². The zero-order chi connectivity index (χ0) is 23.1. The molecule has 0 aromatic heterocycles. The van der Waals surface area contributed by atoms with Crippen molar-refractivity contribution in [1.29, 1.82) is 0 Å². The van der Waals surface area contributed by atoms with E-state index in [-0.39, 0.29) is 37.5 Å². The summed E-state index contributed by atoms with van der Waals surface area (Å²) in [4.78, 5) is 41.6. The summed E-state index contributed by atoms with van der Waals surface area (Å²) in [6.45, 7) is 6.25. The van der Waals surface area contributed by atoms with Crippen LogP contribution >= 0.6 is 0 Å². The number of rotatable bonds is 8. The number of nitrogens with zero attached hydrogens (tertiary/aromatic N) is 1. The first-order chi connectivity index (χ1) is 15.3. The topological polar surface area (TPSA) is 105 Å². The number of fused-ring (bicyclic) bond motifs is 1. The van der Waals surface area contributed by atoms with Crippen molar-refractivity contribution < 1.29 is 29.0 Å². The SMILES string of the molecule is CCOC(=O)[C@@H]1[C@H]2C(=O)N(CCCO)C(C(=O)NCc3ccccc3)C23CC(C)[C@@]1(C)O3. The van der Waals surface area contributed by atoms with Gasteiger partial charge in [-0.05, 0) is 38.2 Å². The molecule has 4 rings (SSSR count). The second-order valence-electron chi connectivity index (χ2n) is 9.27. The Bertz CT molecular complexity index is 892. The van der Waals surface area contributed by atoms with Gasteiger partial charge in [-0.2, -0.15) is 0 Å². The van der Waals surface area contributed by atoms with Gasteiger partial charge in [-0.1, -0.05) is 37.3 Å². The predicted molar refractivity (Wildman–Crippen MR) is 115 cm³/mol.